The fourth-order valence-electron chi connectivity index (χ4n) is 1.01. The van der Waals surface area contributed by atoms with Gasteiger partial charge in [-0.15, -0.1) is 0 Å². The molecule has 1 heteroatoms. The van der Waals surface area contributed by atoms with Crippen LogP contribution in [0, 0.1) is 0 Å². The summed E-state index contributed by atoms with van der Waals surface area (Å²) in [5, 5.41) is 0. The van der Waals surface area contributed by atoms with Crippen molar-refractivity contribution in [1.29, 1.82) is 0 Å². The van der Waals surface area contributed by atoms with Crippen molar-refractivity contribution >= 4 is 13.0 Å². The summed E-state index contributed by atoms with van der Waals surface area (Å²) in [5.41, 5.74) is 1.21. The Hall–Kier alpha value is -0.0651. The molecule has 1 fully saturated rings. The van der Waals surface area contributed by atoms with Crippen LogP contribution in [0.2, 0.25) is 0 Å². The average Bonchev–Trinajstić information content (AvgIpc) is 1.69. The van der Waals surface area contributed by atoms with Crippen LogP contribution in [0.1, 0.15) is 32.1 Å². The summed E-state index contributed by atoms with van der Waals surface area (Å²) in [7, 11) is 5.55. The molecule has 0 aromatic carbocycles. The van der Waals surface area contributed by atoms with E-state index in [1.165, 1.54) is 37.6 Å². The summed E-state index contributed by atoms with van der Waals surface area (Å²) >= 11 is 0. The fourth-order valence-corrected chi connectivity index (χ4v) is 1.01. The molecule has 1 aliphatic rings. The van der Waals surface area contributed by atoms with Gasteiger partial charge in [0, 0.05) is 0 Å². The maximum absolute atomic E-state index is 5.55. The third-order valence-electron chi connectivity index (χ3n) is 1.50. The quantitative estimate of drug-likeness (QED) is 0.396. The second-order valence-corrected chi connectivity index (χ2v) is 2.22. The normalized spacial score (nSPS) is 22.4. The van der Waals surface area contributed by atoms with E-state index in [0.29, 0.717) is 0 Å². The molecule has 7 heavy (non-hydrogen) atoms. The van der Waals surface area contributed by atoms with Gasteiger partial charge in [0.15, 0.2) is 0 Å². The molecule has 0 nitrogen and oxygen atoms in total. The van der Waals surface area contributed by atoms with Gasteiger partial charge in [-0.2, -0.15) is 0 Å². The first-order valence-corrected chi connectivity index (χ1v) is 3.00. The first-order chi connectivity index (χ1) is 3.39. The average molecular weight is 93.0 g/mol. The number of hydrogen-bond acceptors (Lipinski definition) is 0. The third kappa shape index (κ3) is 1.46. The number of rotatable bonds is 0. The first-order valence-electron chi connectivity index (χ1n) is 3.00. The Labute approximate surface area is 46.0 Å². The standard InChI is InChI=1S/C6H10B/c7-6-4-2-1-3-5-6/h1-5H2. The van der Waals surface area contributed by atoms with E-state index in [1.54, 1.807) is 0 Å². The van der Waals surface area contributed by atoms with Gasteiger partial charge in [0.05, 0.1) is 0 Å². The second kappa shape index (κ2) is 2.30. The molecular weight excluding hydrogens is 82.9 g/mol. The van der Waals surface area contributed by atoms with Crippen molar-refractivity contribution < 1.29 is 0 Å². The van der Waals surface area contributed by atoms with Crippen LogP contribution in [0.5, 0.6) is 0 Å². The van der Waals surface area contributed by atoms with E-state index >= 15 is 0 Å². The molecule has 0 bridgehead atoms. The first kappa shape index (κ1) is 5.08. The molecule has 37 valence electrons. The van der Waals surface area contributed by atoms with Gasteiger partial charge < -0.3 is 0 Å². The Bertz CT molecular complexity index is 68.2. The molecule has 0 amide bonds. The summed E-state index contributed by atoms with van der Waals surface area (Å²) in [5.74, 6) is 0. The van der Waals surface area contributed by atoms with Crippen molar-refractivity contribution in [3.63, 3.8) is 0 Å². The van der Waals surface area contributed by atoms with Gasteiger partial charge in [-0.05, 0) is 0 Å². The molecular formula is C6H10B. The van der Waals surface area contributed by atoms with E-state index in [0.717, 1.165) is 0 Å². The van der Waals surface area contributed by atoms with E-state index in [-0.39, 0.29) is 0 Å². The molecule has 0 aliphatic heterocycles. The van der Waals surface area contributed by atoms with Crippen LogP contribution >= 0.6 is 0 Å². The fraction of sp³-hybridized carbons (Fsp3) is 0.833. The van der Waals surface area contributed by atoms with Crippen LogP contribution in [0.25, 0.3) is 0 Å². The predicted octanol–water partition coefficient (Wildman–Crippen LogP) is 1.29. The summed E-state index contributed by atoms with van der Waals surface area (Å²) in [6.07, 6.45) is 6.40. The van der Waals surface area contributed by atoms with E-state index < -0.39 is 0 Å². The Morgan fingerprint density at radius 3 is 1.86 bits per heavy atom. The summed E-state index contributed by atoms with van der Waals surface area (Å²) in [6.45, 7) is 0. The molecule has 0 spiro atoms. The summed E-state index contributed by atoms with van der Waals surface area (Å²) in [4.78, 5) is 0. The van der Waals surface area contributed by atoms with Crippen LogP contribution in [0.3, 0.4) is 0 Å². The SMILES string of the molecule is [B]=C1CCCCC1. The molecule has 1 aliphatic carbocycles. The van der Waals surface area contributed by atoms with E-state index in [1.807, 2.05) is 0 Å². The van der Waals surface area contributed by atoms with Crippen LogP contribution in [-0.4, -0.2) is 13.0 Å². The zero-order valence-electron chi connectivity index (χ0n) is 4.61. The molecule has 0 atom stereocenters. The Kier molecular flexibility index (Phi) is 1.67. The topological polar surface area (TPSA) is 0 Å². The van der Waals surface area contributed by atoms with Gasteiger partial charge >= 0.3 is 45.1 Å². The zero-order valence-corrected chi connectivity index (χ0v) is 4.61. The van der Waals surface area contributed by atoms with Crippen molar-refractivity contribution in [3.05, 3.63) is 0 Å². The molecule has 0 aromatic rings. The van der Waals surface area contributed by atoms with Crippen LogP contribution in [0.15, 0.2) is 0 Å². The van der Waals surface area contributed by atoms with Crippen molar-refractivity contribution in [3.8, 4) is 0 Å². The van der Waals surface area contributed by atoms with Crippen LogP contribution < -0.4 is 0 Å². The maximum atomic E-state index is 5.55. The second-order valence-electron chi connectivity index (χ2n) is 2.22. The molecule has 0 N–H and O–H groups in total. The molecule has 0 aromatic heterocycles. The molecule has 0 unspecified atom stereocenters. The van der Waals surface area contributed by atoms with Crippen molar-refractivity contribution in [2.24, 2.45) is 0 Å². The van der Waals surface area contributed by atoms with Crippen LogP contribution in [-0.2, 0) is 0 Å². The molecule has 1 saturated carbocycles. The van der Waals surface area contributed by atoms with Gasteiger partial charge in [0.1, 0.15) is 0 Å². The van der Waals surface area contributed by atoms with E-state index in [4.69, 9.17) is 7.49 Å². The minimum absolute atomic E-state index is 1.18. The molecule has 0 saturated heterocycles. The summed E-state index contributed by atoms with van der Waals surface area (Å²) < 4.78 is 0. The zero-order chi connectivity index (χ0) is 5.11. The van der Waals surface area contributed by atoms with Crippen molar-refractivity contribution in [2.75, 3.05) is 0 Å². The monoisotopic (exact) mass is 93.1 g/mol. The predicted molar refractivity (Wildman–Crippen MR) is 33.8 cm³/mol. The van der Waals surface area contributed by atoms with Gasteiger partial charge in [-0.1, -0.05) is 0 Å². The minimum atomic E-state index is 1.18. The van der Waals surface area contributed by atoms with Gasteiger partial charge in [0.25, 0.3) is 0 Å². The summed E-state index contributed by atoms with van der Waals surface area (Å²) in [6, 6.07) is 0. The molecule has 1 rings (SSSR count). The van der Waals surface area contributed by atoms with Gasteiger partial charge in [-0.3, -0.25) is 0 Å². The van der Waals surface area contributed by atoms with Gasteiger partial charge in [0.2, 0.25) is 0 Å². The van der Waals surface area contributed by atoms with Crippen molar-refractivity contribution in [2.45, 2.75) is 32.1 Å². The molecule has 0 heterocycles. The Morgan fingerprint density at radius 1 is 1.00 bits per heavy atom. The molecule has 1 radical (unpaired) electrons. The van der Waals surface area contributed by atoms with E-state index in [9.17, 15) is 0 Å². The number of hydrogen-bond donors (Lipinski definition) is 0. The Balaban J connectivity index is 2.25. The third-order valence-corrected chi connectivity index (χ3v) is 1.50. The van der Waals surface area contributed by atoms with Gasteiger partial charge in [-0.25, -0.2) is 0 Å². The van der Waals surface area contributed by atoms with Crippen molar-refractivity contribution in [1.82, 2.24) is 0 Å². The van der Waals surface area contributed by atoms with Crippen LogP contribution in [0.4, 0.5) is 0 Å². The van der Waals surface area contributed by atoms with E-state index in [2.05, 4.69) is 0 Å². The Morgan fingerprint density at radius 2 is 1.57 bits per heavy atom.